The Morgan fingerprint density at radius 2 is 2.05 bits per heavy atom. The van der Waals surface area contributed by atoms with E-state index in [-0.39, 0.29) is 0 Å². The van der Waals surface area contributed by atoms with Gasteiger partial charge in [-0.15, -0.1) is 0 Å². The minimum Gasteiger partial charge on any atom is -0.303 e. The fourth-order valence-corrected chi connectivity index (χ4v) is 2.09. The first-order chi connectivity index (χ1) is 10.3. The third-order valence-electron chi connectivity index (χ3n) is 3.32. The quantitative estimate of drug-likeness (QED) is 0.642. The smallest absolute Gasteiger partial charge is 0.303 e. The molecule has 0 bridgehead atoms. The summed E-state index contributed by atoms with van der Waals surface area (Å²) in [7, 11) is 1.58. The van der Waals surface area contributed by atoms with Crippen molar-refractivity contribution in [3.63, 3.8) is 0 Å². The van der Waals surface area contributed by atoms with Gasteiger partial charge in [-0.2, -0.15) is 10.1 Å². The average molecular weight is 306 g/mol. The summed E-state index contributed by atoms with van der Waals surface area (Å²) in [6.07, 6.45) is 0.886. The Kier molecular flexibility index (Phi) is 4.48. The summed E-state index contributed by atoms with van der Waals surface area (Å²) in [6, 6.07) is 0. The Labute approximate surface area is 127 Å². The molecule has 0 amide bonds. The van der Waals surface area contributed by atoms with Crippen molar-refractivity contribution < 1.29 is 0 Å². The monoisotopic (exact) mass is 306 g/mol. The number of aromatic nitrogens is 4. The lowest BCUT2D eigenvalue weighted by Gasteiger charge is -2.10. The van der Waals surface area contributed by atoms with Crippen LogP contribution < -0.4 is 16.7 Å². The van der Waals surface area contributed by atoms with Crippen molar-refractivity contribution in [1.29, 1.82) is 0 Å². The fraction of sp³-hybridized carbons (Fsp3) is 0.571. The number of aromatic amines is 1. The summed E-state index contributed by atoms with van der Waals surface area (Å²) < 4.78 is 3.11. The molecule has 0 aliphatic rings. The molecule has 0 aromatic carbocycles. The van der Waals surface area contributed by atoms with Crippen molar-refractivity contribution >= 4 is 22.8 Å². The molecule has 0 saturated carbocycles. The van der Waals surface area contributed by atoms with Gasteiger partial charge in [-0.3, -0.25) is 14.3 Å². The molecule has 2 N–H and O–H groups in total. The normalized spacial score (nSPS) is 11.2. The molecule has 8 heteroatoms. The molecule has 0 fully saturated rings. The summed E-state index contributed by atoms with van der Waals surface area (Å²) in [4.78, 5) is 30.6. The van der Waals surface area contributed by atoms with Crippen molar-refractivity contribution in [3.05, 3.63) is 20.8 Å². The number of rotatable bonds is 5. The van der Waals surface area contributed by atoms with Crippen LogP contribution in [0.5, 0.6) is 0 Å². The van der Waals surface area contributed by atoms with E-state index in [1.807, 2.05) is 13.8 Å². The van der Waals surface area contributed by atoms with E-state index < -0.39 is 11.2 Å². The number of anilines is 1. The second kappa shape index (κ2) is 6.17. The van der Waals surface area contributed by atoms with E-state index in [2.05, 4.69) is 34.3 Å². The molecule has 0 atom stereocenters. The number of nitrogens with zero attached hydrogens (tertiary/aromatic N) is 4. The van der Waals surface area contributed by atoms with Crippen LogP contribution in [0, 0.1) is 5.92 Å². The fourth-order valence-electron chi connectivity index (χ4n) is 2.09. The summed E-state index contributed by atoms with van der Waals surface area (Å²) in [6.45, 7) is 8.56. The zero-order valence-electron chi connectivity index (χ0n) is 13.6. The van der Waals surface area contributed by atoms with Crippen molar-refractivity contribution in [2.75, 3.05) is 5.43 Å². The summed E-state index contributed by atoms with van der Waals surface area (Å²) in [5.41, 5.74) is 3.53. The third-order valence-corrected chi connectivity index (χ3v) is 3.32. The highest BCUT2D eigenvalue weighted by atomic mass is 16.2. The van der Waals surface area contributed by atoms with Crippen LogP contribution in [-0.2, 0) is 13.6 Å². The maximum absolute atomic E-state index is 12.2. The number of aryl methyl sites for hydroxylation is 2. The topological polar surface area (TPSA) is 97.1 Å². The van der Waals surface area contributed by atoms with Gasteiger partial charge in [0.15, 0.2) is 11.2 Å². The van der Waals surface area contributed by atoms with Crippen LogP contribution in [0.15, 0.2) is 14.7 Å². The van der Waals surface area contributed by atoms with Crippen LogP contribution in [-0.4, -0.2) is 24.8 Å². The zero-order valence-corrected chi connectivity index (χ0v) is 13.6. The van der Waals surface area contributed by atoms with Crippen molar-refractivity contribution in [2.45, 2.75) is 40.7 Å². The number of hydrogen-bond acceptors (Lipinski definition) is 5. The molecule has 2 aromatic heterocycles. The van der Waals surface area contributed by atoms with Gasteiger partial charge in [-0.25, -0.2) is 10.2 Å². The molecule has 2 heterocycles. The van der Waals surface area contributed by atoms with E-state index in [1.165, 1.54) is 4.57 Å². The van der Waals surface area contributed by atoms with Crippen LogP contribution in [0.3, 0.4) is 0 Å². The Balaban J connectivity index is 2.66. The van der Waals surface area contributed by atoms with Gasteiger partial charge in [0, 0.05) is 19.3 Å². The predicted octanol–water partition coefficient (Wildman–Crippen LogP) is 1.28. The first-order valence-corrected chi connectivity index (χ1v) is 7.27. The van der Waals surface area contributed by atoms with Gasteiger partial charge in [-0.1, -0.05) is 13.8 Å². The molecule has 0 radical (unpaired) electrons. The molecule has 0 saturated heterocycles. The SMILES string of the molecule is CC(C)=NNc1nc2c(c(=O)[nH]c(=O)n2C)n1CCC(C)C. The van der Waals surface area contributed by atoms with Crippen LogP contribution in [0.2, 0.25) is 0 Å². The Hall–Kier alpha value is -2.38. The summed E-state index contributed by atoms with van der Waals surface area (Å²) in [5.74, 6) is 0.942. The molecular weight excluding hydrogens is 284 g/mol. The number of imidazole rings is 1. The van der Waals surface area contributed by atoms with Gasteiger partial charge in [0.1, 0.15) is 0 Å². The van der Waals surface area contributed by atoms with E-state index in [4.69, 9.17) is 0 Å². The number of nitrogens with one attached hydrogen (secondary N) is 2. The molecule has 0 aliphatic heterocycles. The van der Waals surface area contributed by atoms with Gasteiger partial charge in [0.05, 0.1) is 0 Å². The van der Waals surface area contributed by atoms with Gasteiger partial charge < -0.3 is 4.57 Å². The largest absolute Gasteiger partial charge is 0.329 e. The minimum absolute atomic E-state index is 0.351. The lowest BCUT2D eigenvalue weighted by Crippen LogP contribution is -2.29. The second-order valence-electron chi connectivity index (χ2n) is 5.93. The molecule has 2 aromatic rings. The number of hydrogen-bond donors (Lipinski definition) is 2. The standard InChI is InChI=1S/C14H22N6O2/c1-8(2)6-7-20-10-11(15-13(20)18-17-9(3)4)19(5)14(22)16-12(10)21/h8H,6-7H2,1-5H3,(H,15,18)(H,16,21,22). The van der Waals surface area contributed by atoms with Gasteiger partial charge in [-0.05, 0) is 26.2 Å². The van der Waals surface area contributed by atoms with Crippen LogP contribution in [0.25, 0.3) is 11.2 Å². The summed E-state index contributed by atoms with van der Waals surface area (Å²) >= 11 is 0. The maximum Gasteiger partial charge on any atom is 0.329 e. The second-order valence-corrected chi connectivity index (χ2v) is 5.93. The molecule has 0 spiro atoms. The van der Waals surface area contributed by atoms with E-state index in [1.54, 1.807) is 11.6 Å². The highest BCUT2D eigenvalue weighted by molar-refractivity contribution is 5.80. The van der Waals surface area contributed by atoms with E-state index in [0.717, 1.165) is 12.1 Å². The molecule has 0 aliphatic carbocycles. The highest BCUT2D eigenvalue weighted by Crippen LogP contribution is 2.17. The van der Waals surface area contributed by atoms with Crippen LogP contribution >= 0.6 is 0 Å². The molecule has 0 unspecified atom stereocenters. The number of hydrazone groups is 1. The Morgan fingerprint density at radius 1 is 1.36 bits per heavy atom. The minimum atomic E-state index is -0.479. The molecule has 22 heavy (non-hydrogen) atoms. The van der Waals surface area contributed by atoms with Crippen molar-refractivity contribution in [3.8, 4) is 0 Å². The molecule has 8 nitrogen and oxygen atoms in total. The van der Waals surface area contributed by atoms with Crippen LogP contribution in [0.1, 0.15) is 34.1 Å². The number of H-pyrrole nitrogens is 1. The first kappa shape index (κ1) is 16.0. The Morgan fingerprint density at radius 3 is 2.64 bits per heavy atom. The van der Waals surface area contributed by atoms with E-state index in [0.29, 0.717) is 29.6 Å². The van der Waals surface area contributed by atoms with Gasteiger partial charge >= 0.3 is 5.69 Å². The van der Waals surface area contributed by atoms with Gasteiger partial charge in [0.25, 0.3) is 5.56 Å². The number of fused-ring (bicyclic) bond motifs is 1. The lowest BCUT2D eigenvalue weighted by atomic mass is 10.1. The lowest BCUT2D eigenvalue weighted by molar-refractivity contribution is 0.524. The summed E-state index contributed by atoms with van der Waals surface area (Å²) in [5, 5.41) is 4.14. The molecule has 2 rings (SSSR count). The highest BCUT2D eigenvalue weighted by Gasteiger charge is 2.17. The maximum atomic E-state index is 12.2. The van der Waals surface area contributed by atoms with E-state index in [9.17, 15) is 9.59 Å². The van der Waals surface area contributed by atoms with Gasteiger partial charge in [0.2, 0.25) is 5.95 Å². The zero-order chi connectivity index (χ0) is 16.4. The molecular formula is C14H22N6O2. The molecule has 120 valence electrons. The van der Waals surface area contributed by atoms with Crippen molar-refractivity contribution in [2.24, 2.45) is 18.1 Å². The average Bonchev–Trinajstić information content (AvgIpc) is 2.79. The van der Waals surface area contributed by atoms with E-state index >= 15 is 0 Å². The first-order valence-electron chi connectivity index (χ1n) is 7.27. The van der Waals surface area contributed by atoms with Crippen molar-refractivity contribution in [1.82, 2.24) is 19.1 Å². The predicted molar refractivity (Wildman–Crippen MR) is 87.5 cm³/mol. The Bertz CT molecular complexity index is 820. The van der Waals surface area contributed by atoms with Crippen LogP contribution in [0.4, 0.5) is 5.95 Å². The third kappa shape index (κ3) is 3.10.